The Bertz CT molecular complexity index is 419. The van der Waals surface area contributed by atoms with Crippen LogP contribution in [0.15, 0.2) is 22.7 Å². The van der Waals surface area contributed by atoms with Crippen LogP contribution in [-0.2, 0) is 0 Å². The molecule has 2 nitrogen and oxygen atoms in total. The second-order valence-corrected chi connectivity index (χ2v) is 5.54. The molecule has 0 saturated heterocycles. The van der Waals surface area contributed by atoms with Crippen LogP contribution < -0.4 is 5.32 Å². The van der Waals surface area contributed by atoms with Crippen molar-refractivity contribution in [3.05, 3.63) is 34.1 Å². The molecule has 0 aliphatic heterocycles. The Kier molecular flexibility index (Phi) is 5.13. The van der Waals surface area contributed by atoms with E-state index in [2.05, 4.69) is 37.2 Å². The number of carbonyl (C=O) groups is 1. The van der Waals surface area contributed by atoms with Crippen LogP contribution in [0.4, 0.5) is 4.39 Å². The minimum Gasteiger partial charge on any atom is -0.346 e. The van der Waals surface area contributed by atoms with Crippen molar-refractivity contribution in [3.8, 4) is 0 Å². The topological polar surface area (TPSA) is 29.1 Å². The second-order valence-electron chi connectivity index (χ2n) is 4.13. The van der Waals surface area contributed by atoms with E-state index in [4.69, 9.17) is 0 Å². The standard InChI is InChI=1S/C12H14Br2FNO/c1-3-12(2,7-13)16-11(17)9-6-8(15)4-5-10(9)14/h4-6H,3,7H2,1-2H3,(H,16,17). The van der Waals surface area contributed by atoms with Gasteiger partial charge in [0.15, 0.2) is 0 Å². The van der Waals surface area contributed by atoms with Gasteiger partial charge in [-0.2, -0.15) is 0 Å². The van der Waals surface area contributed by atoms with Crippen LogP contribution in [0.2, 0.25) is 0 Å². The lowest BCUT2D eigenvalue weighted by molar-refractivity contribution is 0.0912. The highest BCUT2D eigenvalue weighted by Crippen LogP contribution is 2.20. The summed E-state index contributed by atoms with van der Waals surface area (Å²) in [6, 6.07) is 4.07. The maximum absolute atomic E-state index is 13.1. The van der Waals surface area contributed by atoms with Crippen molar-refractivity contribution in [2.45, 2.75) is 25.8 Å². The number of alkyl halides is 1. The summed E-state index contributed by atoms with van der Waals surface area (Å²) in [5.74, 6) is -0.699. The van der Waals surface area contributed by atoms with Gasteiger partial charge in [0.25, 0.3) is 5.91 Å². The summed E-state index contributed by atoms with van der Waals surface area (Å²) in [4.78, 5) is 12.0. The summed E-state index contributed by atoms with van der Waals surface area (Å²) >= 11 is 6.61. The molecule has 0 aromatic heterocycles. The first-order valence-electron chi connectivity index (χ1n) is 5.25. The van der Waals surface area contributed by atoms with Gasteiger partial charge in [0.2, 0.25) is 0 Å². The fraction of sp³-hybridized carbons (Fsp3) is 0.417. The van der Waals surface area contributed by atoms with Crippen molar-refractivity contribution in [2.75, 3.05) is 5.33 Å². The molecular weight excluding hydrogens is 353 g/mol. The van der Waals surface area contributed by atoms with Gasteiger partial charge in [-0.15, -0.1) is 0 Å². The third-order valence-corrected chi connectivity index (χ3v) is 4.59. The third-order valence-electron chi connectivity index (χ3n) is 2.66. The minimum absolute atomic E-state index is 0.278. The number of amides is 1. The molecule has 0 saturated carbocycles. The summed E-state index contributed by atoms with van der Waals surface area (Å²) in [5.41, 5.74) is -0.0198. The van der Waals surface area contributed by atoms with E-state index in [-0.39, 0.29) is 11.4 Å². The predicted octanol–water partition coefficient (Wildman–Crippen LogP) is 3.88. The van der Waals surface area contributed by atoms with Crippen LogP contribution in [0.3, 0.4) is 0 Å². The number of nitrogens with one attached hydrogen (secondary N) is 1. The van der Waals surface area contributed by atoms with Gasteiger partial charge in [-0.1, -0.05) is 22.9 Å². The molecule has 0 radical (unpaired) electrons. The van der Waals surface area contributed by atoms with Gasteiger partial charge in [-0.05, 0) is 47.5 Å². The second kappa shape index (κ2) is 5.96. The predicted molar refractivity (Wildman–Crippen MR) is 74.1 cm³/mol. The van der Waals surface area contributed by atoms with Gasteiger partial charge in [0, 0.05) is 15.3 Å². The highest BCUT2D eigenvalue weighted by Gasteiger charge is 2.24. The molecule has 0 aliphatic carbocycles. The van der Waals surface area contributed by atoms with Crippen LogP contribution in [0.1, 0.15) is 30.6 Å². The van der Waals surface area contributed by atoms with E-state index < -0.39 is 5.82 Å². The Labute approximate surface area is 117 Å². The van der Waals surface area contributed by atoms with Gasteiger partial charge in [0.05, 0.1) is 5.56 Å². The maximum Gasteiger partial charge on any atom is 0.252 e. The zero-order valence-corrected chi connectivity index (χ0v) is 12.9. The summed E-state index contributed by atoms with van der Waals surface area (Å²) in [5, 5.41) is 3.54. The molecule has 5 heteroatoms. The summed E-state index contributed by atoms with van der Waals surface area (Å²) in [6.07, 6.45) is 0.789. The molecule has 1 unspecified atom stereocenters. The molecule has 1 rings (SSSR count). The molecule has 0 aliphatic rings. The van der Waals surface area contributed by atoms with E-state index in [0.29, 0.717) is 15.4 Å². The third kappa shape index (κ3) is 3.78. The lowest BCUT2D eigenvalue weighted by Gasteiger charge is -2.27. The number of hydrogen-bond donors (Lipinski definition) is 1. The van der Waals surface area contributed by atoms with E-state index >= 15 is 0 Å². The minimum atomic E-state index is -0.421. The first-order chi connectivity index (χ1) is 7.91. The number of benzene rings is 1. The molecule has 0 fully saturated rings. The fourth-order valence-corrected chi connectivity index (χ4v) is 2.19. The molecule has 0 bridgehead atoms. The molecule has 0 spiro atoms. The maximum atomic E-state index is 13.1. The van der Waals surface area contributed by atoms with E-state index in [9.17, 15) is 9.18 Å². The number of rotatable bonds is 4. The number of hydrogen-bond acceptors (Lipinski definition) is 1. The molecule has 1 amide bonds. The first-order valence-corrected chi connectivity index (χ1v) is 7.17. The monoisotopic (exact) mass is 365 g/mol. The van der Waals surface area contributed by atoms with Crippen molar-refractivity contribution in [1.29, 1.82) is 0 Å². The zero-order valence-electron chi connectivity index (χ0n) is 9.69. The SMILES string of the molecule is CCC(C)(CBr)NC(=O)c1cc(F)ccc1Br. The van der Waals surface area contributed by atoms with Crippen molar-refractivity contribution in [3.63, 3.8) is 0 Å². The van der Waals surface area contributed by atoms with E-state index in [0.717, 1.165) is 6.42 Å². The summed E-state index contributed by atoms with van der Waals surface area (Å²) in [6.45, 7) is 3.93. The van der Waals surface area contributed by atoms with Crippen molar-refractivity contribution in [2.24, 2.45) is 0 Å². The van der Waals surface area contributed by atoms with E-state index in [1.54, 1.807) is 0 Å². The molecular formula is C12H14Br2FNO. The highest BCUT2D eigenvalue weighted by molar-refractivity contribution is 9.10. The number of carbonyl (C=O) groups excluding carboxylic acids is 1. The molecule has 17 heavy (non-hydrogen) atoms. The van der Waals surface area contributed by atoms with Crippen molar-refractivity contribution < 1.29 is 9.18 Å². The van der Waals surface area contributed by atoms with E-state index in [1.807, 2.05) is 13.8 Å². The number of halogens is 3. The first kappa shape index (κ1) is 14.6. The summed E-state index contributed by atoms with van der Waals surface area (Å²) < 4.78 is 13.7. The van der Waals surface area contributed by atoms with Gasteiger partial charge in [-0.25, -0.2) is 4.39 Å². The van der Waals surface area contributed by atoms with Crippen LogP contribution >= 0.6 is 31.9 Å². The normalized spacial score (nSPS) is 14.2. The Morgan fingerprint density at radius 1 is 1.53 bits per heavy atom. The molecule has 94 valence electrons. The Morgan fingerprint density at radius 2 is 2.18 bits per heavy atom. The van der Waals surface area contributed by atoms with Gasteiger partial charge in [-0.3, -0.25) is 4.79 Å². The highest BCUT2D eigenvalue weighted by atomic mass is 79.9. The average Bonchev–Trinajstić information content (AvgIpc) is 2.32. The van der Waals surface area contributed by atoms with Crippen LogP contribution in [0.5, 0.6) is 0 Å². The van der Waals surface area contributed by atoms with Crippen LogP contribution in [-0.4, -0.2) is 16.8 Å². The molecule has 1 aromatic rings. The summed E-state index contributed by atoms with van der Waals surface area (Å²) in [7, 11) is 0. The fourth-order valence-electron chi connectivity index (χ4n) is 1.23. The van der Waals surface area contributed by atoms with Crippen molar-refractivity contribution >= 4 is 37.8 Å². The molecule has 1 aromatic carbocycles. The molecule has 1 N–H and O–H groups in total. The quantitative estimate of drug-likeness (QED) is 0.805. The molecule has 0 heterocycles. The van der Waals surface area contributed by atoms with E-state index in [1.165, 1.54) is 18.2 Å². The Hall–Kier alpha value is -0.420. The van der Waals surface area contributed by atoms with Gasteiger partial charge < -0.3 is 5.32 Å². The Balaban J connectivity index is 2.94. The lowest BCUT2D eigenvalue weighted by atomic mass is 10.0. The zero-order chi connectivity index (χ0) is 13.1. The molecule has 1 atom stereocenters. The van der Waals surface area contributed by atoms with Gasteiger partial charge in [0.1, 0.15) is 5.82 Å². The van der Waals surface area contributed by atoms with Crippen LogP contribution in [0.25, 0.3) is 0 Å². The average molecular weight is 367 g/mol. The lowest BCUT2D eigenvalue weighted by Crippen LogP contribution is -2.47. The van der Waals surface area contributed by atoms with Crippen molar-refractivity contribution in [1.82, 2.24) is 5.32 Å². The van der Waals surface area contributed by atoms with Crippen LogP contribution in [0, 0.1) is 5.82 Å². The smallest absolute Gasteiger partial charge is 0.252 e. The largest absolute Gasteiger partial charge is 0.346 e. The Morgan fingerprint density at radius 3 is 2.71 bits per heavy atom. The van der Waals surface area contributed by atoms with Gasteiger partial charge >= 0.3 is 0 Å².